The van der Waals surface area contributed by atoms with E-state index in [0.29, 0.717) is 29.6 Å². The highest BCUT2D eigenvalue weighted by atomic mass is 35.5. The number of amides is 2. The second kappa shape index (κ2) is 9.14. The molecule has 0 saturated carbocycles. The van der Waals surface area contributed by atoms with Crippen LogP contribution in [0.25, 0.3) is 10.2 Å². The molecular weight excluding hydrogens is 432 g/mol. The lowest BCUT2D eigenvalue weighted by atomic mass is 9.98. The van der Waals surface area contributed by atoms with Gasteiger partial charge in [-0.1, -0.05) is 23.7 Å². The number of nitrogens with zero attached hydrogens (tertiary/aromatic N) is 2. The first-order valence-electron chi connectivity index (χ1n) is 9.60. The van der Waals surface area contributed by atoms with Gasteiger partial charge in [-0.3, -0.25) is 0 Å². The van der Waals surface area contributed by atoms with E-state index < -0.39 is 6.61 Å². The molecular formula is C21H20ClF2N3O2S. The number of thiazole rings is 1. The summed E-state index contributed by atoms with van der Waals surface area (Å²) in [5.74, 6) is 0.406. The molecule has 1 aromatic heterocycles. The normalized spacial score (nSPS) is 15.0. The Balaban J connectivity index is 1.30. The molecule has 0 radical (unpaired) electrons. The highest BCUT2D eigenvalue weighted by molar-refractivity contribution is 7.18. The molecule has 1 aliphatic rings. The third-order valence-corrected chi connectivity index (χ3v) is 6.50. The summed E-state index contributed by atoms with van der Waals surface area (Å²) >= 11 is 7.73. The molecule has 4 rings (SSSR count). The first kappa shape index (κ1) is 20.8. The summed E-state index contributed by atoms with van der Waals surface area (Å²) in [5, 5.41) is 4.61. The number of rotatable bonds is 5. The molecule has 0 unspecified atom stereocenters. The van der Waals surface area contributed by atoms with Gasteiger partial charge in [0.1, 0.15) is 5.75 Å². The molecule has 2 heterocycles. The minimum Gasteiger partial charge on any atom is -0.435 e. The highest BCUT2D eigenvalue weighted by Gasteiger charge is 2.26. The maximum Gasteiger partial charge on any atom is 0.387 e. The molecule has 1 aliphatic heterocycles. The van der Waals surface area contributed by atoms with Crippen molar-refractivity contribution in [3.63, 3.8) is 0 Å². The molecule has 3 aromatic rings. The minimum atomic E-state index is -2.87. The zero-order chi connectivity index (χ0) is 21.1. The summed E-state index contributed by atoms with van der Waals surface area (Å²) in [6.07, 6.45) is 1.69. The predicted octanol–water partition coefficient (Wildman–Crippen LogP) is 5.64. The average Bonchev–Trinajstić information content (AvgIpc) is 3.15. The van der Waals surface area contributed by atoms with E-state index in [-0.39, 0.29) is 18.3 Å². The maximum atomic E-state index is 12.5. The number of aromatic nitrogens is 1. The SMILES string of the molecule is O=C(NCc1cccc(OC(F)F)c1)N1CCC(c2nc3cc(Cl)ccc3s2)CC1. The van der Waals surface area contributed by atoms with Crippen molar-refractivity contribution in [2.75, 3.05) is 13.1 Å². The van der Waals surface area contributed by atoms with Gasteiger partial charge in [-0.25, -0.2) is 9.78 Å². The molecule has 5 nitrogen and oxygen atoms in total. The van der Waals surface area contributed by atoms with Gasteiger partial charge in [-0.05, 0) is 48.7 Å². The number of carbonyl (C=O) groups is 1. The number of urea groups is 1. The Hall–Kier alpha value is -2.45. The molecule has 0 bridgehead atoms. The fraction of sp³-hybridized carbons (Fsp3) is 0.333. The highest BCUT2D eigenvalue weighted by Crippen LogP contribution is 2.34. The van der Waals surface area contributed by atoms with E-state index in [9.17, 15) is 13.6 Å². The van der Waals surface area contributed by atoms with Gasteiger partial charge in [-0.2, -0.15) is 8.78 Å². The number of hydrogen-bond donors (Lipinski definition) is 1. The number of likely N-dealkylation sites (tertiary alicyclic amines) is 1. The van der Waals surface area contributed by atoms with Gasteiger partial charge in [0.05, 0.1) is 15.2 Å². The molecule has 1 N–H and O–H groups in total. The second-order valence-corrected chi connectivity index (χ2v) is 8.61. The van der Waals surface area contributed by atoms with Crippen molar-refractivity contribution < 1.29 is 18.3 Å². The molecule has 158 valence electrons. The van der Waals surface area contributed by atoms with Crippen molar-refractivity contribution >= 4 is 39.2 Å². The lowest BCUT2D eigenvalue weighted by Crippen LogP contribution is -2.43. The summed E-state index contributed by atoms with van der Waals surface area (Å²) in [7, 11) is 0. The van der Waals surface area contributed by atoms with Crippen LogP contribution in [0.3, 0.4) is 0 Å². The van der Waals surface area contributed by atoms with E-state index in [0.717, 1.165) is 28.1 Å². The van der Waals surface area contributed by atoms with E-state index in [1.165, 1.54) is 12.1 Å². The zero-order valence-electron chi connectivity index (χ0n) is 16.0. The molecule has 1 fully saturated rings. The van der Waals surface area contributed by atoms with Gasteiger partial charge in [-0.15, -0.1) is 11.3 Å². The smallest absolute Gasteiger partial charge is 0.387 e. The molecule has 2 aromatic carbocycles. The standard InChI is InChI=1S/C21H20ClF2N3O2S/c22-15-4-5-18-17(11-15)26-19(30-18)14-6-8-27(9-7-14)21(28)25-12-13-2-1-3-16(10-13)29-20(23)24/h1-5,10-11,14,20H,6-9,12H2,(H,25,28). The summed E-state index contributed by atoms with van der Waals surface area (Å²) in [4.78, 5) is 19.0. The van der Waals surface area contributed by atoms with Crippen LogP contribution >= 0.6 is 22.9 Å². The van der Waals surface area contributed by atoms with Crippen molar-refractivity contribution in [3.05, 3.63) is 58.1 Å². The van der Waals surface area contributed by atoms with Crippen molar-refractivity contribution in [1.29, 1.82) is 0 Å². The van der Waals surface area contributed by atoms with Crippen LogP contribution in [-0.4, -0.2) is 35.6 Å². The quantitative estimate of drug-likeness (QED) is 0.546. The number of benzene rings is 2. The van der Waals surface area contributed by atoms with E-state index in [4.69, 9.17) is 16.6 Å². The van der Waals surface area contributed by atoms with Crippen LogP contribution < -0.4 is 10.1 Å². The fourth-order valence-electron chi connectivity index (χ4n) is 3.54. The van der Waals surface area contributed by atoms with Gasteiger partial charge in [0, 0.05) is 30.6 Å². The van der Waals surface area contributed by atoms with Crippen molar-refractivity contribution in [3.8, 4) is 5.75 Å². The van der Waals surface area contributed by atoms with Crippen LogP contribution in [0.1, 0.15) is 29.3 Å². The van der Waals surface area contributed by atoms with Crippen LogP contribution in [-0.2, 0) is 6.54 Å². The van der Waals surface area contributed by atoms with E-state index >= 15 is 0 Å². The van der Waals surface area contributed by atoms with Gasteiger partial charge in [0.25, 0.3) is 0 Å². The van der Waals surface area contributed by atoms with Crippen molar-refractivity contribution in [2.24, 2.45) is 0 Å². The van der Waals surface area contributed by atoms with Crippen molar-refractivity contribution in [2.45, 2.75) is 31.9 Å². The number of piperidine rings is 1. The zero-order valence-corrected chi connectivity index (χ0v) is 17.6. The minimum absolute atomic E-state index is 0.0784. The number of nitrogens with one attached hydrogen (secondary N) is 1. The lowest BCUT2D eigenvalue weighted by Gasteiger charge is -2.31. The average molecular weight is 452 g/mol. The molecule has 0 aliphatic carbocycles. The largest absolute Gasteiger partial charge is 0.435 e. The molecule has 1 saturated heterocycles. The Morgan fingerprint density at radius 3 is 2.83 bits per heavy atom. The number of carbonyl (C=O) groups excluding carboxylic acids is 1. The molecule has 2 amide bonds. The fourth-order valence-corrected chi connectivity index (χ4v) is 4.83. The summed E-state index contributed by atoms with van der Waals surface area (Å²) in [5.41, 5.74) is 1.62. The van der Waals surface area contributed by atoms with Crippen LogP contribution in [0.2, 0.25) is 5.02 Å². The van der Waals surface area contributed by atoms with Crippen LogP contribution in [0.15, 0.2) is 42.5 Å². The van der Waals surface area contributed by atoms with Crippen LogP contribution in [0.5, 0.6) is 5.75 Å². The summed E-state index contributed by atoms with van der Waals surface area (Å²) in [6, 6.07) is 11.9. The number of fused-ring (bicyclic) bond motifs is 1. The Labute approximate surface area is 181 Å². The van der Waals surface area contributed by atoms with Gasteiger partial charge in [0.2, 0.25) is 0 Å². The maximum absolute atomic E-state index is 12.5. The Kier molecular flexibility index (Phi) is 6.34. The molecule has 0 spiro atoms. The third-order valence-electron chi connectivity index (χ3n) is 5.06. The lowest BCUT2D eigenvalue weighted by molar-refractivity contribution is -0.0498. The Morgan fingerprint density at radius 1 is 1.27 bits per heavy atom. The second-order valence-electron chi connectivity index (χ2n) is 7.11. The number of alkyl halides is 2. The molecule has 30 heavy (non-hydrogen) atoms. The number of ether oxygens (including phenoxy) is 1. The number of hydrogen-bond acceptors (Lipinski definition) is 4. The van der Waals surface area contributed by atoms with Crippen LogP contribution in [0, 0.1) is 0 Å². The topological polar surface area (TPSA) is 54.5 Å². The first-order chi connectivity index (χ1) is 14.5. The third kappa shape index (κ3) is 4.99. The van der Waals surface area contributed by atoms with E-state index in [2.05, 4.69) is 10.1 Å². The van der Waals surface area contributed by atoms with Gasteiger partial charge >= 0.3 is 12.6 Å². The summed E-state index contributed by atoms with van der Waals surface area (Å²) in [6.45, 7) is -1.34. The summed E-state index contributed by atoms with van der Waals surface area (Å²) < 4.78 is 30.2. The van der Waals surface area contributed by atoms with Gasteiger partial charge in [0.15, 0.2) is 0 Å². The number of halogens is 3. The predicted molar refractivity (Wildman–Crippen MR) is 113 cm³/mol. The van der Waals surface area contributed by atoms with Crippen LogP contribution in [0.4, 0.5) is 13.6 Å². The van der Waals surface area contributed by atoms with Gasteiger partial charge < -0.3 is 15.0 Å². The Morgan fingerprint density at radius 2 is 2.07 bits per heavy atom. The molecule has 0 atom stereocenters. The first-order valence-corrected chi connectivity index (χ1v) is 10.8. The van der Waals surface area contributed by atoms with E-state index in [1.54, 1.807) is 28.4 Å². The molecule has 9 heteroatoms. The van der Waals surface area contributed by atoms with Crippen molar-refractivity contribution in [1.82, 2.24) is 15.2 Å². The monoisotopic (exact) mass is 451 g/mol. The Bertz CT molecular complexity index is 1040. The van der Waals surface area contributed by atoms with E-state index in [1.807, 2.05) is 18.2 Å².